The van der Waals surface area contributed by atoms with Gasteiger partial charge in [-0.25, -0.2) is 0 Å². The van der Waals surface area contributed by atoms with Crippen molar-refractivity contribution >= 4 is 23.9 Å². The Bertz CT molecular complexity index is 1010. The molecule has 1 N–H and O–H groups in total. The fourth-order valence-electron chi connectivity index (χ4n) is 2.43. The van der Waals surface area contributed by atoms with Crippen LogP contribution in [0, 0.1) is 6.92 Å². The molecule has 10 heteroatoms. The predicted molar refractivity (Wildman–Crippen MR) is 103 cm³/mol. The van der Waals surface area contributed by atoms with E-state index in [-0.39, 0.29) is 5.75 Å². The second-order valence-corrected chi connectivity index (χ2v) is 6.49. The van der Waals surface area contributed by atoms with Crippen LogP contribution in [0.2, 0.25) is 0 Å². The third-order valence-corrected chi connectivity index (χ3v) is 4.67. The number of aromatic nitrogens is 3. The number of rotatable bonds is 8. The predicted octanol–water partition coefficient (Wildman–Crippen LogP) is 2.92. The maximum Gasteiger partial charge on any atom is 0.313 e. The van der Waals surface area contributed by atoms with Crippen LogP contribution in [-0.2, 0) is 4.79 Å². The zero-order chi connectivity index (χ0) is 20.1. The summed E-state index contributed by atoms with van der Waals surface area (Å²) < 4.78 is 17.4. The molecule has 9 nitrogen and oxygen atoms in total. The van der Waals surface area contributed by atoms with Crippen molar-refractivity contribution < 1.29 is 23.8 Å². The van der Waals surface area contributed by atoms with Crippen molar-refractivity contribution in [3.05, 3.63) is 41.9 Å². The summed E-state index contributed by atoms with van der Waals surface area (Å²) in [5.41, 5.74) is 1.48. The standard InChI is InChI=1S/C18H18N4O5S/c1-11-13(6-7-27-11)17-20-21-18(28-10-16(23)24)22(17)19-9-12-4-5-14(25-2)15(8-12)26-3/h4-9H,10H2,1-3H3,(H,23,24)/b19-9-. The highest BCUT2D eigenvalue weighted by atomic mass is 32.2. The van der Waals surface area contributed by atoms with E-state index in [0.717, 1.165) is 22.9 Å². The lowest BCUT2D eigenvalue weighted by molar-refractivity contribution is -0.133. The van der Waals surface area contributed by atoms with Crippen molar-refractivity contribution in [1.82, 2.24) is 14.9 Å². The number of aryl methyl sites for hydroxylation is 1. The SMILES string of the molecule is COc1ccc(/C=N\n2c(SCC(=O)O)nnc2-c2ccoc2C)cc1OC. The van der Waals surface area contributed by atoms with E-state index in [1.54, 1.807) is 51.8 Å². The van der Waals surface area contributed by atoms with Crippen LogP contribution in [0.3, 0.4) is 0 Å². The van der Waals surface area contributed by atoms with E-state index in [4.69, 9.17) is 19.0 Å². The Labute approximate surface area is 165 Å². The molecule has 3 rings (SSSR count). The van der Waals surface area contributed by atoms with Gasteiger partial charge in [-0.05, 0) is 36.8 Å². The molecule has 0 aliphatic heterocycles. The van der Waals surface area contributed by atoms with E-state index in [1.165, 1.54) is 4.68 Å². The summed E-state index contributed by atoms with van der Waals surface area (Å²) in [6.45, 7) is 1.80. The van der Waals surface area contributed by atoms with Gasteiger partial charge in [0.1, 0.15) is 5.76 Å². The fourth-order valence-corrected chi connectivity index (χ4v) is 3.04. The Morgan fingerprint density at radius 3 is 2.71 bits per heavy atom. The van der Waals surface area contributed by atoms with Gasteiger partial charge >= 0.3 is 5.97 Å². The van der Waals surface area contributed by atoms with Gasteiger partial charge < -0.3 is 19.0 Å². The molecule has 0 saturated heterocycles. The number of aliphatic carboxylic acids is 1. The summed E-state index contributed by atoms with van der Waals surface area (Å²) >= 11 is 1.03. The third-order valence-electron chi connectivity index (χ3n) is 3.77. The van der Waals surface area contributed by atoms with Crippen molar-refractivity contribution in [2.75, 3.05) is 20.0 Å². The van der Waals surface area contributed by atoms with Gasteiger partial charge in [-0.2, -0.15) is 9.78 Å². The number of hydrogen-bond donors (Lipinski definition) is 1. The molecule has 0 aliphatic carbocycles. The van der Waals surface area contributed by atoms with E-state index in [0.29, 0.717) is 28.2 Å². The lowest BCUT2D eigenvalue weighted by atomic mass is 10.2. The minimum absolute atomic E-state index is 0.158. The normalized spacial score (nSPS) is 11.1. The van der Waals surface area contributed by atoms with E-state index >= 15 is 0 Å². The smallest absolute Gasteiger partial charge is 0.313 e. The Balaban J connectivity index is 1.99. The van der Waals surface area contributed by atoms with Crippen LogP contribution in [0.25, 0.3) is 11.4 Å². The van der Waals surface area contributed by atoms with Crippen LogP contribution in [0.15, 0.2) is 45.2 Å². The van der Waals surface area contributed by atoms with Gasteiger partial charge in [-0.15, -0.1) is 10.2 Å². The maximum atomic E-state index is 10.9. The second-order valence-electron chi connectivity index (χ2n) is 5.55. The van der Waals surface area contributed by atoms with Crippen LogP contribution in [-0.4, -0.2) is 52.1 Å². The number of furan rings is 1. The molecule has 1 aromatic carbocycles. The third kappa shape index (κ3) is 4.17. The molecule has 0 saturated carbocycles. The van der Waals surface area contributed by atoms with Crippen molar-refractivity contribution in [3.63, 3.8) is 0 Å². The van der Waals surface area contributed by atoms with Crippen LogP contribution >= 0.6 is 11.8 Å². The van der Waals surface area contributed by atoms with Crippen molar-refractivity contribution in [2.45, 2.75) is 12.1 Å². The molecule has 0 aliphatic rings. The molecule has 0 atom stereocenters. The number of carboxylic acids is 1. The molecule has 0 unspecified atom stereocenters. The first kappa shape index (κ1) is 19.5. The van der Waals surface area contributed by atoms with Crippen LogP contribution in [0.4, 0.5) is 0 Å². The van der Waals surface area contributed by atoms with Gasteiger partial charge in [0.2, 0.25) is 5.16 Å². The number of nitrogens with zero attached hydrogens (tertiary/aromatic N) is 4. The molecule has 3 aromatic rings. The maximum absolute atomic E-state index is 10.9. The van der Waals surface area contributed by atoms with Crippen LogP contribution < -0.4 is 9.47 Å². The summed E-state index contributed by atoms with van der Waals surface area (Å²) in [5.74, 6) is 1.18. The number of hydrogen-bond acceptors (Lipinski definition) is 8. The molecular weight excluding hydrogens is 384 g/mol. The van der Waals surface area contributed by atoms with E-state index < -0.39 is 5.97 Å². The second kappa shape index (κ2) is 8.61. The molecule has 2 aromatic heterocycles. The average molecular weight is 402 g/mol. The summed E-state index contributed by atoms with van der Waals surface area (Å²) in [6.07, 6.45) is 3.15. The summed E-state index contributed by atoms with van der Waals surface area (Å²) in [5, 5.41) is 22.0. The quantitative estimate of drug-likeness (QED) is 0.452. The largest absolute Gasteiger partial charge is 0.493 e. The molecule has 28 heavy (non-hydrogen) atoms. The summed E-state index contributed by atoms with van der Waals surface area (Å²) in [7, 11) is 3.12. The number of methoxy groups -OCH3 is 2. The highest BCUT2D eigenvalue weighted by Crippen LogP contribution is 2.28. The number of benzene rings is 1. The van der Waals surface area contributed by atoms with Crippen LogP contribution in [0.1, 0.15) is 11.3 Å². The van der Waals surface area contributed by atoms with Crippen molar-refractivity contribution in [3.8, 4) is 22.9 Å². The van der Waals surface area contributed by atoms with Gasteiger partial charge in [0.15, 0.2) is 17.3 Å². The molecule has 0 amide bonds. The topological polar surface area (TPSA) is 112 Å². The van der Waals surface area contributed by atoms with Crippen LogP contribution in [0.5, 0.6) is 11.5 Å². The molecule has 0 radical (unpaired) electrons. The number of ether oxygens (including phenoxy) is 2. The number of carbonyl (C=O) groups is 1. The lowest BCUT2D eigenvalue weighted by Gasteiger charge is -2.07. The Morgan fingerprint density at radius 1 is 1.29 bits per heavy atom. The Morgan fingerprint density at radius 2 is 2.07 bits per heavy atom. The lowest BCUT2D eigenvalue weighted by Crippen LogP contribution is -2.02. The molecule has 0 fully saturated rings. The number of thioether (sulfide) groups is 1. The fraction of sp³-hybridized carbons (Fsp3) is 0.222. The first-order chi connectivity index (χ1) is 13.5. The minimum atomic E-state index is -0.954. The van der Waals surface area contributed by atoms with Gasteiger partial charge in [-0.1, -0.05) is 11.8 Å². The first-order valence-corrected chi connectivity index (χ1v) is 9.13. The Hall–Kier alpha value is -3.27. The number of carboxylic acid groups (broad SMARTS) is 1. The molecule has 2 heterocycles. The Kier molecular flexibility index (Phi) is 5.99. The molecule has 0 spiro atoms. The average Bonchev–Trinajstić information content (AvgIpc) is 3.29. The highest BCUT2D eigenvalue weighted by Gasteiger charge is 2.18. The zero-order valence-electron chi connectivity index (χ0n) is 15.4. The molecule has 0 bridgehead atoms. The first-order valence-electron chi connectivity index (χ1n) is 8.14. The van der Waals surface area contributed by atoms with Crippen molar-refractivity contribution in [1.29, 1.82) is 0 Å². The van der Waals surface area contributed by atoms with Gasteiger partial charge in [0.05, 0.1) is 38.0 Å². The summed E-state index contributed by atoms with van der Waals surface area (Å²) in [4.78, 5) is 10.9. The van der Waals surface area contributed by atoms with E-state index in [2.05, 4.69) is 15.3 Å². The highest BCUT2D eigenvalue weighted by molar-refractivity contribution is 7.99. The monoisotopic (exact) mass is 402 g/mol. The van der Waals surface area contributed by atoms with Gasteiger partial charge in [0.25, 0.3) is 0 Å². The zero-order valence-corrected chi connectivity index (χ0v) is 16.3. The van der Waals surface area contributed by atoms with E-state index in [9.17, 15) is 4.79 Å². The molecular formula is C18H18N4O5S. The van der Waals surface area contributed by atoms with Gasteiger partial charge in [0, 0.05) is 0 Å². The molecule has 146 valence electrons. The minimum Gasteiger partial charge on any atom is -0.493 e. The van der Waals surface area contributed by atoms with E-state index in [1.807, 2.05) is 6.07 Å². The van der Waals surface area contributed by atoms with Crippen molar-refractivity contribution in [2.24, 2.45) is 5.10 Å². The van der Waals surface area contributed by atoms with Gasteiger partial charge in [-0.3, -0.25) is 4.79 Å². The summed E-state index contributed by atoms with van der Waals surface area (Å²) in [6, 6.07) is 7.13.